The smallest absolute Gasteiger partial charge is 0.267 e. The number of amides is 1. The van der Waals surface area contributed by atoms with Gasteiger partial charge >= 0.3 is 0 Å². The summed E-state index contributed by atoms with van der Waals surface area (Å²) in [5.41, 5.74) is 1.73. The first-order chi connectivity index (χ1) is 14.6. The highest BCUT2D eigenvalue weighted by molar-refractivity contribution is 5.92. The molecule has 1 aromatic carbocycles. The van der Waals surface area contributed by atoms with Crippen molar-refractivity contribution >= 4 is 5.91 Å². The number of aromatic nitrogens is 1. The van der Waals surface area contributed by atoms with E-state index in [1.807, 2.05) is 36.0 Å². The number of benzene rings is 1. The Morgan fingerprint density at radius 2 is 1.87 bits per heavy atom. The van der Waals surface area contributed by atoms with Crippen molar-refractivity contribution in [3.05, 3.63) is 59.9 Å². The first kappa shape index (κ1) is 21.1. The number of hydrogen-bond acceptors (Lipinski definition) is 4. The van der Waals surface area contributed by atoms with E-state index in [-0.39, 0.29) is 23.5 Å². The van der Waals surface area contributed by atoms with E-state index in [0.29, 0.717) is 12.2 Å². The van der Waals surface area contributed by atoms with Crippen LogP contribution in [0.4, 0.5) is 0 Å². The van der Waals surface area contributed by atoms with Crippen LogP contribution >= 0.6 is 0 Å². The van der Waals surface area contributed by atoms with E-state index in [9.17, 15) is 9.90 Å². The van der Waals surface area contributed by atoms with Crippen molar-refractivity contribution in [3.8, 4) is 0 Å². The molecule has 1 aliphatic heterocycles. The average molecular weight is 412 g/mol. The van der Waals surface area contributed by atoms with Gasteiger partial charge in [0.05, 0.1) is 19.3 Å². The molecule has 2 aromatic rings. The second-order valence-corrected chi connectivity index (χ2v) is 8.69. The number of nitrogens with one attached hydrogen (secondary N) is 1. The fourth-order valence-electron chi connectivity index (χ4n) is 5.09. The summed E-state index contributed by atoms with van der Waals surface area (Å²) >= 11 is 0. The predicted molar refractivity (Wildman–Crippen MR) is 117 cm³/mol. The Balaban J connectivity index is 1.54. The molecule has 1 saturated heterocycles. The minimum Gasteiger partial charge on any atom is -0.391 e. The van der Waals surface area contributed by atoms with E-state index >= 15 is 0 Å². The van der Waals surface area contributed by atoms with Crippen molar-refractivity contribution in [1.82, 2.24) is 14.8 Å². The minimum atomic E-state index is -0.350. The number of ether oxygens (including phenoxy) is 1. The van der Waals surface area contributed by atoms with Crippen LogP contribution in [0.15, 0.2) is 48.7 Å². The highest BCUT2D eigenvalue weighted by Gasteiger charge is 2.40. The second-order valence-electron chi connectivity index (χ2n) is 8.69. The van der Waals surface area contributed by atoms with Gasteiger partial charge in [0.1, 0.15) is 5.69 Å². The first-order valence-electron chi connectivity index (χ1n) is 11.0. The molecule has 3 atom stereocenters. The first-order valence-corrected chi connectivity index (χ1v) is 11.0. The molecule has 1 saturated carbocycles. The van der Waals surface area contributed by atoms with Gasteiger partial charge in [-0.05, 0) is 43.4 Å². The van der Waals surface area contributed by atoms with Gasteiger partial charge in [0.15, 0.2) is 0 Å². The third kappa shape index (κ3) is 4.46. The van der Waals surface area contributed by atoms with E-state index in [2.05, 4.69) is 34.5 Å². The molecule has 6 heteroatoms. The molecular weight excluding hydrogens is 378 g/mol. The Labute approximate surface area is 178 Å². The average Bonchev–Trinajstić information content (AvgIpc) is 3.14. The number of hydrogen-bond donors (Lipinski definition) is 2. The van der Waals surface area contributed by atoms with Crippen LogP contribution in [0.3, 0.4) is 0 Å². The Morgan fingerprint density at radius 1 is 1.13 bits per heavy atom. The number of aryl methyl sites for hydroxylation is 1. The van der Waals surface area contributed by atoms with E-state index < -0.39 is 0 Å². The zero-order valence-electron chi connectivity index (χ0n) is 17.8. The van der Waals surface area contributed by atoms with E-state index in [1.165, 1.54) is 5.56 Å². The summed E-state index contributed by atoms with van der Waals surface area (Å²) < 4.78 is 7.35. The third-order valence-electron chi connectivity index (χ3n) is 6.95. The number of morpholine rings is 1. The van der Waals surface area contributed by atoms with Crippen LogP contribution < -0.4 is 5.32 Å². The second kappa shape index (κ2) is 9.33. The summed E-state index contributed by atoms with van der Waals surface area (Å²) in [6.45, 7) is 3.80. The van der Waals surface area contributed by atoms with Crippen LogP contribution in [-0.2, 0) is 17.2 Å². The Kier molecular flexibility index (Phi) is 6.56. The van der Waals surface area contributed by atoms with Crippen molar-refractivity contribution in [3.63, 3.8) is 0 Å². The summed E-state index contributed by atoms with van der Waals surface area (Å²) in [4.78, 5) is 15.2. The van der Waals surface area contributed by atoms with Gasteiger partial charge < -0.3 is 19.7 Å². The monoisotopic (exact) mass is 411 g/mol. The molecule has 0 spiro atoms. The van der Waals surface area contributed by atoms with Crippen LogP contribution in [0.5, 0.6) is 0 Å². The molecule has 2 aliphatic rings. The largest absolute Gasteiger partial charge is 0.391 e. The number of rotatable bonds is 5. The van der Waals surface area contributed by atoms with E-state index in [1.54, 1.807) is 0 Å². The van der Waals surface area contributed by atoms with Crippen molar-refractivity contribution in [2.75, 3.05) is 32.8 Å². The molecule has 2 fully saturated rings. The maximum absolute atomic E-state index is 12.8. The number of carbonyl (C=O) groups is 1. The van der Waals surface area contributed by atoms with Crippen molar-refractivity contribution in [2.45, 2.75) is 43.2 Å². The number of nitrogens with zero attached hydrogens (tertiary/aromatic N) is 2. The van der Waals surface area contributed by atoms with Crippen LogP contribution in [0.2, 0.25) is 0 Å². The highest BCUT2D eigenvalue weighted by atomic mass is 16.5. The van der Waals surface area contributed by atoms with Gasteiger partial charge in [0, 0.05) is 44.3 Å². The van der Waals surface area contributed by atoms with Gasteiger partial charge in [-0.15, -0.1) is 0 Å². The lowest BCUT2D eigenvalue weighted by Crippen LogP contribution is -2.48. The molecular formula is C24H33N3O3. The third-order valence-corrected chi connectivity index (χ3v) is 6.95. The minimum absolute atomic E-state index is 0.0488. The van der Waals surface area contributed by atoms with Crippen LogP contribution in [0, 0.1) is 0 Å². The molecule has 4 rings (SSSR count). The standard InChI is InChI=1S/C24H33N3O3/c1-26-13-5-8-21(26)23(29)25-18-24(19-6-3-2-4-7-19)11-9-20(22(28)10-12-24)27-14-16-30-17-15-27/h2-8,13,20,22,28H,9-12,14-18H2,1H3,(H,25,29)/t20-,22-,24+/m0/s1. The molecule has 30 heavy (non-hydrogen) atoms. The summed E-state index contributed by atoms with van der Waals surface area (Å²) in [6.07, 6.45) is 4.97. The SMILES string of the molecule is Cn1cccc1C(=O)NC[C@]1(c2ccccc2)CC[C@H](O)[C@@H](N2CCOCC2)CC1. The van der Waals surface area contributed by atoms with Gasteiger partial charge in [0.25, 0.3) is 5.91 Å². The topological polar surface area (TPSA) is 66.7 Å². The van der Waals surface area contributed by atoms with E-state index in [4.69, 9.17) is 4.74 Å². The lowest BCUT2D eigenvalue weighted by atomic mass is 9.74. The van der Waals surface area contributed by atoms with Gasteiger partial charge in [-0.25, -0.2) is 0 Å². The molecule has 0 bridgehead atoms. The number of aliphatic hydroxyl groups is 1. The normalized spacial score (nSPS) is 28.1. The fourth-order valence-corrected chi connectivity index (χ4v) is 5.09. The molecule has 6 nitrogen and oxygen atoms in total. The van der Waals surface area contributed by atoms with Crippen LogP contribution in [0.25, 0.3) is 0 Å². The van der Waals surface area contributed by atoms with Gasteiger partial charge in [-0.2, -0.15) is 0 Å². The van der Waals surface area contributed by atoms with Crippen molar-refractivity contribution < 1.29 is 14.6 Å². The Morgan fingerprint density at radius 3 is 2.57 bits per heavy atom. The Hall–Kier alpha value is -2.15. The zero-order valence-corrected chi connectivity index (χ0v) is 17.8. The molecule has 1 aromatic heterocycles. The number of carbonyl (C=O) groups excluding carboxylic acids is 1. The molecule has 1 aliphatic carbocycles. The lowest BCUT2D eigenvalue weighted by Gasteiger charge is -2.37. The quantitative estimate of drug-likeness (QED) is 0.741. The molecule has 162 valence electrons. The fraction of sp³-hybridized carbons (Fsp3) is 0.542. The highest BCUT2D eigenvalue weighted by Crippen LogP contribution is 2.39. The van der Waals surface area contributed by atoms with Crippen LogP contribution in [-0.4, -0.2) is 65.5 Å². The Bertz CT molecular complexity index is 831. The molecule has 2 heterocycles. The van der Waals surface area contributed by atoms with Gasteiger partial charge in [-0.1, -0.05) is 30.3 Å². The molecule has 0 unspecified atom stereocenters. The molecule has 1 amide bonds. The summed E-state index contributed by atoms with van der Waals surface area (Å²) in [6, 6.07) is 14.4. The van der Waals surface area contributed by atoms with Crippen molar-refractivity contribution in [1.29, 1.82) is 0 Å². The maximum Gasteiger partial charge on any atom is 0.267 e. The lowest BCUT2D eigenvalue weighted by molar-refractivity contribution is -0.0236. The van der Waals surface area contributed by atoms with E-state index in [0.717, 1.165) is 52.0 Å². The van der Waals surface area contributed by atoms with Crippen molar-refractivity contribution in [2.24, 2.45) is 7.05 Å². The summed E-state index contributed by atoms with van der Waals surface area (Å²) in [5, 5.41) is 14.2. The zero-order chi connectivity index (χ0) is 21.0. The van der Waals surface area contributed by atoms with Gasteiger partial charge in [0.2, 0.25) is 0 Å². The maximum atomic E-state index is 12.8. The predicted octanol–water partition coefficient (Wildman–Crippen LogP) is 2.33. The van der Waals surface area contributed by atoms with Gasteiger partial charge in [-0.3, -0.25) is 9.69 Å². The summed E-state index contributed by atoms with van der Waals surface area (Å²) in [5.74, 6) is -0.0488. The van der Waals surface area contributed by atoms with Crippen LogP contribution in [0.1, 0.15) is 41.7 Å². The number of aliphatic hydroxyl groups excluding tert-OH is 1. The summed E-state index contributed by atoms with van der Waals surface area (Å²) in [7, 11) is 1.89. The molecule has 0 radical (unpaired) electrons. The molecule has 2 N–H and O–H groups in total.